The van der Waals surface area contributed by atoms with Gasteiger partial charge in [-0.25, -0.2) is 4.79 Å². The second kappa shape index (κ2) is 6.40. The molecule has 1 saturated carbocycles. The Morgan fingerprint density at radius 3 is 2.47 bits per heavy atom. The van der Waals surface area contributed by atoms with Gasteiger partial charge in [-0.2, -0.15) is 0 Å². The number of hydrogen-bond donors (Lipinski definition) is 3. The molecule has 0 unspecified atom stereocenters. The molecule has 0 aromatic carbocycles. The molecular weight excluding hydrogens is 194 g/mol. The van der Waals surface area contributed by atoms with Crippen LogP contribution in [0.3, 0.4) is 0 Å². The van der Waals surface area contributed by atoms with Gasteiger partial charge < -0.3 is 11.1 Å². The van der Waals surface area contributed by atoms with Gasteiger partial charge in [-0.15, -0.1) is 0 Å². The minimum Gasteiger partial charge on any atom is -0.351 e. The number of nitrogens with two attached hydrogens (primary N) is 1. The lowest BCUT2D eigenvalue weighted by molar-refractivity contribution is -0.119. The van der Waals surface area contributed by atoms with Crippen molar-refractivity contribution in [2.75, 3.05) is 13.1 Å². The highest BCUT2D eigenvalue weighted by Crippen LogP contribution is 2.22. The predicted molar refractivity (Wildman–Crippen MR) is 57.2 cm³/mol. The van der Waals surface area contributed by atoms with E-state index >= 15 is 0 Å². The van der Waals surface area contributed by atoms with Gasteiger partial charge in [0, 0.05) is 0 Å². The number of nitrogens with one attached hydrogen (secondary N) is 2. The number of amides is 3. The molecule has 1 fully saturated rings. The smallest absolute Gasteiger partial charge is 0.318 e. The van der Waals surface area contributed by atoms with Crippen molar-refractivity contribution >= 4 is 11.9 Å². The van der Waals surface area contributed by atoms with Crippen molar-refractivity contribution in [1.82, 2.24) is 10.6 Å². The van der Waals surface area contributed by atoms with Crippen LogP contribution < -0.4 is 16.4 Å². The minimum atomic E-state index is -0.792. The van der Waals surface area contributed by atoms with Crippen molar-refractivity contribution in [2.45, 2.75) is 32.1 Å². The minimum absolute atomic E-state index is 0.166. The van der Waals surface area contributed by atoms with Crippen LogP contribution in [-0.4, -0.2) is 25.0 Å². The number of urea groups is 1. The van der Waals surface area contributed by atoms with Crippen molar-refractivity contribution in [3.63, 3.8) is 0 Å². The van der Waals surface area contributed by atoms with E-state index in [1.165, 1.54) is 32.1 Å². The number of imide groups is 1. The molecule has 0 aromatic rings. The fourth-order valence-corrected chi connectivity index (χ4v) is 1.96. The molecule has 1 rings (SSSR count). The van der Waals surface area contributed by atoms with E-state index in [0.29, 0.717) is 5.92 Å². The van der Waals surface area contributed by atoms with Crippen LogP contribution in [-0.2, 0) is 4.79 Å². The summed E-state index contributed by atoms with van der Waals surface area (Å²) in [5, 5.41) is 5.06. The maximum Gasteiger partial charge on any atom is 0.318 e. The Balaban J connectivity index is 2.04. The number of carbonyl (C=O) groups is 2. The highest BCUT2D eigenvalue weighted by molar-refractivity contribution is 5.94. The van der Waals surface area contributed by atoms with Gasteiger partial charge in [-0.3, -0.25) is 10.1 Å². The molecule has 15 heavy (non-hydrogen) atoms. The Labute approximate surface area is 89.8 Å². The predicted octanol–water partition coefficient (Wildman–Crippen LogP) is 0.351. The van der Waals surface area contributed by atoms with E-state index in [4.69, 9.17) is 5.73 Å². The SMILES string of the molecule is NC(=O)NC(=O)CNCC1CCCCC1. The summed E-state index contributed by atoms with van der Waals surface area (Å²) in [6.07, 6.45) is 6.40. The van der Waals surface area contributed by atoms with Gasteiger partial charge in [0.1, 0.15) is 0 Å². The highest BCUT2D eigenvalue weighted by atomic mass is 16.2. The Hall–Kier alpha value is -1.10. The standard InChI is InChI=1S/C10H19N3O2/c11-10(15)13-9(14)7-12-6-8-4-2-1-3-5-8/h8,12H,1-7H2,(H3,11,13,14,15). The Morgan fingerprint density at radius 2 is 1.87 bits per heavy atom. The molecule has 0 aromatic heterocycles. The first kappa shape index (κ1) is 12.0. The molecule has 0 aliphatic heterocycles. The van der Waals surface area contributed by atoms with Crippen molar-refractivity contribution in [3.05, 3.63) is 0 Å². The maximum absolute atomic E-state index is 11.0. The van der Waals surface area contributed by atoms with E-state index in [2.05, 4.69) is 5.32 Å². The quantitative estimate of drug-likeness (QED) is 0.630. The van der Waals surface area contributed by atoms with Crippen LogP contribution in [0.5, 0.6) is 0 Å². The highest BCUT2D eigenvalue weighted by Gasteiger charge is 2.13. The summed E-state index contributed by atoms with van der Waals surface area (Å²) in [4.78, 5) is 21.4. The molecule has 1 aliphatic rings. The lowest BCUT2D eigenvalue weighted by Crippen LogP contribution is -2.41. The molecule has 0 radical (unpaired) electrons. The van der Waals surface area contributed by atoms with Gasteiger partial charge in [0.05, 0.1) is 6.54 Å². The summed E-state index contributed by atoms with van der Waals surface area (Å²) in [6, 6.07) is -0.792. The molecule has 4 N–H and O–H groups in total. The first-order chi connectivity index (χ1) is 7.18. The summed E-state index contributed by atoms with van der Waals surface area (Å²) < 4.78 is 0. The third kappa shape index (κ3) is 5.37. The summed E-state index contributed by atoms with van der Waals surface area (Å²) >= 11 is 0. The zero-order valence-electron chi connectivity index (χ0n) is 8.92. The Kier molecular flexibility index (Phi) is 5.10. The second-order valence-electron chi connectivity index (χ2n) is 4.05. The molecule has 0 bridgehead atoms. The van der Waals surface area contributed by atoms with Crippen molar-refractivity contribution in [3.8, 4) is 0 Å². The Bertz CT molecular complexity index is 225. The molecule has 0 spiro atoms. The largest absolute Gasteiger partial charge is 0.351 e. The first-order valence-corrected chi connectivity index (χ1v) is 5.48. The zero-order valence-corrected chi connectivity index (χ0v) is 8.92. The number of carbonyl (C=O) groups excluding carboxylic acids is 2. The fraction of sp³-hybridized carbons (Fsp3) is 0.800. The molecule has 86 valence electrons. The summed E-state index contributed by atoms with van der Waals surface area (Å²) in [6.45, 7) is 1.02. The normalized spacial score (nSPS) is 17.3. The number of primary amides is 1. The molecule has 3 amide bonds. The van der Waals surface area contributed by atoms with Crippen molar-refractivity contribution in [1.29, 1.82) is 0 Å². The Morgan fingerprint density at radius 1 is 1.20 bits per heavy atom. The van der Waals surface area contributed by atoms with Crippen LogP contribution in [0.25, 0.3) is 0 Å². The van der Waals surface area contributed by atoms with E-state index in [-0.39, 0.29) is 12.5 Å². The van der Waals surface area contributed by atoms with Crippen LogP contribution in [0.1, 0.15) is 32.1 Å². The van der Waals surface area contributed by atoms with Crippen LogP contribution in [0.2, 0.25) is 0 Å². The molecular formula is C10H19N3O2. The average Bonchev–Trinajstić information content (AvgIpc) is 2.18. The monoisotopic (exact) mass is 213 g/mol. The van der Waals surface area contributed by atoms with Crippen LogP contribution >= 0.6 is 0 Å². The first-order valence-electron chi connectivity index (χ1n) is 5.48. The average molecular weight is 213 g/mol. The fourth-order valence-electron chi connectivity index (χ4n) is 1.96. The third-order valence-corrected chi connectivity index (χ3v) is 2.71. The van der Waals surface area contributed by atoms with Gasteiger partial charge in [0.2, 0.25) is 5.91 Å². The van der Waals surface area contributed by atoms with Crippen LogP contribution in [0, 0.1) is 5.92 Å². The molecule has 0 saturated heterocycles. The lowest BCUT2D eigenvalue weighted by atomic mass is 9.89. The second-order valence-corrected chi connectivity index (χ2v) is 4.05. The topological polar surface area (TPSA) is 84.2 Å². The maximum atomic E-state index is 11.0. The summed E-state index contributed by atoms with van der Waals surface area (Å²) in [5.41, 5.74) is 4.81. The van der Waals surface area contributed by atoms with Gasteiger partial charge in [0.15, 0.2) is 0 Å². The van der Waals surface area contributed by atoms with Crippen molar-refractivity contribution < 1.29 is 9.59 Å². The van der Waals surface area contributed by atoms with E-state index in [9.17, 15) is 9.59 Å². The molecule has 1 aliphatic carbocycles. The van der Waals surface area contributed by atoms with Crippen LogP contribution in [0.15, 0.2) is 0 Å². The molecule has 0 heterocycles. The molecule has 5 heteroatoms. The van der Waals surface area contributed by atoms with Gasteiger partial charge in [-0.1, -0.05) is 19.3 Å². The van der Waals surface area contributed by atoms with E-state index in [0.717, 1.165) is 6.54 Å². The van der Waals surface area contributed by atoms with E-state index in [1.807, 2.05) is 5.32 Å². The zero-order chi connectivity index (χ0) is 11.1. The number of rotatable bonds is 4. The van der Waals surface area contributed by atoms with Gasteiger partial charge >= 0.3 is 6.03 Å². The molecule has 5 nitrogen and oxygen atoms in total. The third-order valence-electron chi connectivity index (χ3n) is 2.71. The van der Waals surface area contributed by atoms with Crippen molar-refractivity contribution in [2.24, 2.45) is 11.7 Å². The molecule has 0 atom stereocenters. The van der Waals surface area contributed by atoms with Gasteiger partial charge in [-0.05, 0) is 25.3 Å². The van der Waals surface area contributed by atoms with Crippen LogP contribution in [0.4, 0.5) is 4.79 Å². The summed E-state index contributed by atoms with van der Waals surface area (Å²) in [5.74, 6) is 0.318. The van der Waals surface area contributed by atoms with E-state index in [1.54, 1.807) is 0 Å². The number of hydrogen-bond acceptors (Lipinski definition) is 3. The summed E-state index contributed by atoms with van der Waals surface area (Å²) in [7, 11) is 0. The van der Waals surface area contributed by atoms with E-state index < -0.39 is 6.03 Å². The van der Waals surface area contributed by atoms with Gasteiger partial charge in [0.25, 0.3) is 0 Å². The lowest BCUT2D eigenvalue weighted by Gasteiger charge is -2.21.